The second-order valence-corrected chi connectivity index (χ2v) is 9.27. The second-order valence-electron chi connectivity index (χ2n) is 7.53. The van der Waals surface area contributed by atoms with Gasteiger partial charge in [-0.3, -0.25) is 4.79 Å². The van der Waals surface area contributed by atoms with Gasteiger partial charge in [0, 0.05) is 29.3 Å². The summed E-state index contributed by atoms with van der Waals surface area (Å²) in [5.41, 5.74) is 2.21. The van der Waals surface area contributed by atoms with Crippen LogP contribution in [0, 0.1) is 0 Å². The van der Waals surface area contributed by atoms with Crippen molar-refractivity contribution in [3.05, 3.63) is 27.2 Å². The molecule has 0 atom stereocenters. The van der Waals surface area contributed by atoms with Crippen LogP contribution < -0.4 is 5.32 Å². The van der Waals surface area contributed by atoms with Crippen molar-refractivity contribution in [3.8, 4) is 0 Å². The lowest BCUT2D eigenvalue weighted by molar-refractivity contribution is 0.0952. The van der Waals surface area contributed by atoms with Gasteiger partial charge in [0.05, 0.1) is 5.56 Å². The standard InChI is InChI=1S/C20H28N4OS2/c1-26-20-23-22-18(24(20)14-7-2-3-8-14)11-6-12-21-19(25)16-13-27-17-10-5-4-9-15(16)17/h13-14H,2-12H2,1H3,(H,21,25). The van der Waals surface area contributed by atoms with Crippen molar-refractivity contribution < 1.29 is 4.79 Å². The number of fused-ring (bicyclic) bond motifs is 1. The van der Waals surface area contributed by atoms with E-state index in [1.54, 1.807) is 23.1 Å². The van der Waals surface area contributed by atoms with Gasteiger partial charge in [-0.2, -0.15) is 0 Å². The van der Waals surface area contributed by atoms with Crippen LogP contribution in [0.25, 0.3) is 0 Å². The molecule has 0 unspecified atom stereocenters. The number of rotatable bonds is 7. The van der Waals surface area contributed by atoms with Crippen molar-refractivity contribution in [3.63, 3.8) is 0 Å². The zero-order valence-corrected chi connectivity index (χ0v) is 17.6. The smallest absolute Gasteiger partial charge is 0.252 e. The molecule has 0 spiro atoms. The Balaban J connectivity index is 1.32. The fourth-order valence-electron chi connectivity index (χ4n) is 4.37. The Morgan fingerprint density at radius 2 is 2.07 bits per heavy atom. The number of thiophene rings is 1. The number of thioether (sulfide) groups is 1. The molecule has 146 valence electrons. The highest BCUT2D eigenvalue weighted by Gasteiger charge is 2.23. The number of aryl methyl sites for hydroxylation is 2. The van der Waals surface area contributed by atoms with E-state index in [-0.39, 0.29) is 5.91 Å². The summed E-state index contributed by atoms with van der Waals surface area (Å²) >= 11 is 3.43. The van der Waals surface area contributed by atoms with Crippen molar-refractivity contribution in [1.82, 2.24) is 20.1 Å². The molecule has 0 aromatic carbocycles. The topological polar surface area (TPSA) is 59.8 Å². The number of hydrogen-bond acceptors (Lipinski definition) is 5. The van der Waals surface area contributed by atoms with E-state index in [4.69, 9.17) is 0 Å². The largest absolute Gasteiger partial charge is 0.352 e. The molecule has 1 N–H and O–H groups in total. The lowest BCUT2D eigenvalue weighted by Gasteiger charge is -2.16. The Labute approximate surface area is 169 Å². The first kappa shape index (κ1) is 19.0. The number of nitrogens with one attached hydrogen (secondary N) is 1. The number of carbonyl (C=O) groups is 1. The lowest BCUT2D eigenvalue weighted by Crippen LogP contribution is -2.26. The van der Waals surface area contributed by atoms with Crippen LogP contribution in [0.4, 0.5) is 0 Å². The van der Waals surface area contributed by atoms with E-state index in [9.17, 15) is 4.79 Å². The van der Waals surface area contributed by atoms with Gasteiger partial charge >= 0.3 is 0 Å². The van der Waals surface area contributed by atoms with Gasteiger partial charge in [-0.1, -0.05) is 24.6 Å². The summed E-state index contributed by atoms with van der Waals surface area (Å²) in [6.07, 6.45) is 13.6. The van der Waals surface area contributed by atoms with E-state index in [1.807, 2.05) is 5.38 Å². The van der Waals surface area contributed by atoms with Crippen LogP contribution in [0.5, 0.6) is 0 Å². The molecular weight excluding hydrogens is 376 g/mol. The van der Waals surface area contributed by atoms with Crippen LogP contribution in [-0.2, 0) is 19.3 Å². The number of hydrogen-bond donors (Lipinski definition) is 1. The molecular formula is C20H28N4OS2. The van der Waals surface area contributed by atoms with E-state index in [1.165, 1.54) is 49.0 Å². The van der Waals surface area contributed by atoms with Crippen molar-refractivity contribution >= 4 is 29.0 Å². The van der Waals surface area contributed by atoms with E-state index < -0.39 is 0 Å². The maximum absolute atomic E-state index is 12.6. The number of nitrogens with zero attached hydrogens (tertiary/aromatic N) is 3. The Hall–Kier alpha value is -1.34. The Bertz CT molecular complexity index is 792. The van der Waals surface area contributed by atoms with Gasteiger partial charge in [-0.25, -0.2) is 0 Å². The normalized spacial score (nSPS) is 17.2. The summed E-state index contributed by atoms with van der Waals surface area (Å²) < 4.78 is 2.36. The minimum absolute atomic E-state index is 0.0939. The Morgan fingerprint density at radius 1 is 1.26 bits per heavy atom. The molecule has 2 aliphatic carbocycles. The van der Waals surface area contributed by atoms with Crippen LogP contribution >= 0.6 is 23.1 Å². The molecule has 2 aromatic heterocycles. The van der Waals surface area contributed by atoms with Gasteiger partial charge in [-0.05, 0) is 56.8 Å². The van der Waals surface area contributed by atoms with Crippen LogP contribution in [0.3, 0.4) is 0 Å². The predicted octanol–water partition coefficient (Wildman–Crippen LogP) is 4.42. The molecule has 1 saturated carbocycles. The highest BCUT2D eigenvalue weighted by molar-refractivity contribution is 7.98. The van der Waals surface area contributed by atoms with E-state index in [0.717, 1.165) is 42.2 Å². The van der Waals surface area contributed by atoms with Crippen LogP contribution in [0.1, 0.15) is 77.6 Å². The first-order valence-corrected chi connectivity index (χ1v) is 12.2. The summed E-state index contributed by atoms with van der Waals surface area (Å²) in [6.45, 7) is 0.690. The molecule has 1 fully saturated rings. The van der Waals surface area contributed by atoms with Gasteiger partial charge in [0.15, 0.2) is 5.16 Å². The maximum atomic E-state index is 12.6. The summed E-state index contributed by atoms with van der Waals surface area (Å²) in [6, 6.07) is 0.560. The zero-order valence-electron chi connectivity index (χ0n) is 16.0. The summed E-state index contributed by atoms with van der Waals surface area (Å²) in [7, 11) is 0. The van der Waals surface area contributed by atoms with E-state index >= 15 is 0 Å². The Kier molecular flexibility index (Phi) is 6.18. The molecule has 0 saturated heterocycles. The third kappa shape index (κ3) is 4.09. The molecule has 0 bridgehead atoms. The Morgan fingerprint density at radius 3 is 2.89 bits per heavy atom. The van der Waals surface area contributed by atoms with Gasteiger partial charge < -0.3 is 9.88 Å². The quantitative estimate of drug-likeness (QED) is 0.548. The van der Waals surface area contributed by atoms with Gasteiger partial charge in [0.25, 0.3) is 5.91 Å². The number of carbonyl (C=O) groups excluding carboxylic acids is 1. The number of aromatic nitrogens is 3. The third-order valence-corrected chi connectivity index (χ3v) is 7.51. The highest BCUT2D eigenvalue weighted by atomic mass is 32.2. The van der Waals surface area contributed by atoms with Crippen LogP contribution in [0.2, 0.25) is 0 Å². The molecule has 27 heavy (non-hydrogen) atoms. The highest BCUT2D eigenvalue weighted by Crippen LogP contribution is 2.33. The fourth-order valence-corrected chi connectivity index (χ4v) is 6.07. The predicted molar refractivity (Wildman–Crippen MR) is 111 cm³/mol. The van der Waals surface area contributed by atoms with Gasteiger partial charge in [0.2, 0.25) is 0 Å². The zero-order chi connectivity index (χ0) is 18.6. The molecule has 2 aromatic rings. The molecule has 7 heteroatoms. The van der Waals surface area contributed by atoms with Gasteiger partial charge in [0.1, 0.15) is 5.82 Å². The van der Waals surface area contributed by atoms with Gasteiger partial charge in [-0.15, -0.1) is 21.5 Å². The van der Waals surface area contributed by atoms with E-state index in [2.05, 4.69) is 26.3 Å². The monoisotopic (exact) mass is 404 g/mol. The average molecular weight is 405 g/mol. The van der Waals surface area contributed by atoms with Crippen molar-refractivity contribution in [2.45, 2.75) is 75.4 Å². The SMILES string of the molecule is CSc1nnc(CCCNC(=O)c2csc3c2CCCC3)n1C1CCCC1. The first-order chi connectivity index (χ1) is 13.3. The van der Waals surface area contributed by atoms with E-state index in [0.29, 0.717) is 12.6 Å². The van der Waals surface area contributed by atoms with Crippen LogP contribution in [0.15, 0.2) is 10.5 Å². The molecule has 2 heterocycles. The second kappa shape index (κ2) is 8.78. The molecule has 2 aliphatic rings. The molecule has 4 rings (SSSR count). The minimum Gasteiger partial charge on any atom is -0.352 e. The molecule has 5 nitrogen and oxygen atoms in total. The van der Waals surface area contributed by atoms with Crippen molar-refractivity contribution in [2.75, 3.05) is 12.8 Å². The van der Waals surface area contributed by atoms with Crippen LogP contribution in [-0.4, -0.2) is 33.5 Å². The minimum atomic E-state index is 0.0939. The molecule has 1 amide bonds. The average Bonchev–Trinajstić information content (AvgIpc) is 3.43. The summed E-state index contributed by atoms with van der Waals surface area (Å²) in [5, 5.41) is 15.0. The lowest BCUT2D eigenvalue weighted by atomic mass is 9.95. The van der Waals surface area contributed by atoms with Crippen molar-refractivity contribution in [2.24, 2.45) is 0 Å². The first-order valence-electron chi connectivity index (χ1n) is 10.1. The third-order valence-electron chi connectivity index (χ3n) is 5.78. The molecule has 0 radical (unpaired) electrons. The maximum Gasteiger partial charge on any atom is 0.252 e. The van der Waals surface area contributed by atoms with Crippen molar-refractivity contribution in [1.29, 1.82) is 0 Å². The fraction of sp³-hybridized carbons (Fsp3) is 0.650. The molecule has 0 aliphatic heterocycles. The summed E-state index contributed by atoms with van der Waals surface area (Å²) in [5.74, 6) is 1.17. The summed E-state index contributed by atoms with van der Waals surface area (Å²) in [4.78, 5) is 14.0. The number of amides is 1.